The van der Waals surface area contributed by atoms with E-state index in [9.17, 15) is 5.11 Å². The highest BCUT2D eigenvalue weighted by atomic mass is 28.4. The van der Waals surface area contributed by atoms with Gasteiger partial charge in [0.05, 0.1) is 6.61 Å². The van der Waals surface area contributed by atoms with E-state index in [1.807, 2.05) is 30.3 Å². The smallest absolute Gasteiger partial charge is 0.195 e. The van der Waals surface area contributed by atoms with Gasteiger partial charge in [-0.15, -0.1) is 0 Å². The van der Waals surface area contributed by atoms with Crippen molar-refractivity contribution < 1.29 is 28.5 Å². The zero-order valence-electron chi connectivity index (χ0n) is 18.5. The van der Waals surface area contributed by atoms with Gasteiger partial charge in [0.1, 0.15) is 5.60 Å². The van der Waals surface area contributed by atoms with Crippen molar-refractivity contribution in [1.82, 2.24) is 0 Å². The molecule has 1 aromatic rings. The predicted octanol–water partition coefficient (Wildman–Crippen LogP) is 4.04. The van der Waals surface area contributed by atoms with E-state index < -0.39 is 32.8 Å². The summed E-state index contributed by atoms with van der Waals surface area (Å²) in [5, 5.41) is 10.3. The summed E-state index contributed by atoms with van der Waals surface area (Å²) in [6, 6.07) is 10.0. The standard InChI is InChI=1S/C22H36O6Si/c1-21(2,3)29(5,6)28-18-12-17(14-23)22(13-19(24-4)27-20(22)26-18)25-15-16-10-8-7-9-11-16/h7-11,17-20,23H,12-15H2,1-6H3/t17-,18-,19+,20-,22+/m1/s1. The van der Waals surface area contributed by atoms with Gasteiger partial charge >= 0.3 is 0 Å². The van der Waals surface area contributed by atoms with Gasteiger partial charge in [0.2, 0.25) is 0 Å². The van der Waals surface area contributed by atoms with Crippen molar-refractivity contribution in [2.45, 2.75) is 82.8 Å². The van der Waals surface area contributed by atoms with Crippen LogP contribution in [-0.4, -0.2) is 51.6 Å². The number of benzene rings is 1. The van der Waals surface area contributed by atoms with Gasteiger partial charge in [0, 0.05) is 32.5 Å². The number of ether oxygens (including phenoxy) is 4. The Labute approximate surface area is 175 Å². The van der Waals surface area contributed by atoms with Gasteiger partial charge in [-0.05, 0) is 23.7 Å². The average Bonchev–Trinajstić information content (AvgIpc) is 3.04. The lowest BCUT2D eigenvalue weighted by molar-refractivity contribution is -0.327. The first-order valence-corrected chi connectivity index (χ1v) is 13.3. The van der Waals surface area contributed by atoms with Gasteiger partial charge in [-0.25, -0.2) is 0 Å². The minimum atomic E-state index is -2.03. The molecule has 0 aromatic heterocycles. The Morgan fingerprint density at radius 1 is 1.14 bits per heavy atom. The zero-order valence-corrected chi connectivity index (χ0v) is 19.5. The Bertz CT molecular complexity index is 661. The quantitative estimate of drug-likeness (QED) is 0.667. The van der Waals surface area contributed by atoms with E-state index >= 15 is 0 Å². The molecule has 0 radical (unpaired) electrons. The van der Waals surface area contributed by atoms with Gasteiger partial charge in [-0.3, -0.25) is 0 Å². The van der Waals surface area contributed by atoms with Crippen LogP contribution in [0.15, 0.2) is 30.3 Å². The second-order valence-electron chi connectivity index (χ2n) is 9.63. The summed E-state index contributed by atoms with van der Waals surface area (Å²) in [6.07, 6.45) is -0.428. The number of hydrogen-bond acceptors (Lipinski definition) is 6. The average molecular weight is 425 g/mol. The molecule has 0 saturated carbocycles. The number of hydrogen-bond donors (Lipinski definition) is 1. The topological polar surface area (TPSA) is 66.4 Å². The minimum absolute atomic E-state index is 0.0220. The maximum absolute atomic E-state index is 10.3. The third-order valence-electron chi connectivity index (χ3n) is 6.67. The van der Waals surface area contributed by atoms with Crippen molar-refractivity contribution >= 4 is 8.32 Å². The van der Waals surface area contributed by atoms with Crippen LogP contribution in [0.2, 0.25) is 18.1 Å². The molecule has 0 unspecified atom stereocenters. The Balaban J connectivity index is 1.80. The molecule has 2 heterocycles. The first-order chi connectivity index (χ1) is 13.6. The summed E-state index contributed by atoms with van der Waals surface area (Å²) >= 11 is 0. The number of fused-ring (bicyclic) bond motifs is 1. The molecule has 6 nitrogen and oxygen atoms in total. The lowest BCUT2D eigenvalue weighted by Crippen LogP contribution is -2.58. The Morgan fingerprint density at radius 2 is 1.79 bits per heavy atom. The Kier molecular flexibility index (Phi) is 6.90. The van der Waals surface area contributed by atoms with Gasteiger partial charge in [-0.2, -0.15) is 0 Å². The van der Waals surface area contributed by atoms with E-state index in [0.717, 1.165) is 5.56 Å². The molecule has 3 rings (SSSR count). The largest absolute Gasteiger partial charge is 0.396 e. The summed E-state index contributed by atoms with van der Waals surface area (Å²) in [5.74, 6) is -0.167. The fourth-order valence-electron chi connectivity index (χ4n) is 3.78. The molecule has 2 saturated heterocycles. The summed E-state index contributed by atoms with van der Waals surface area (Å²) in [4.78, 5) is 0. The van der Waals surface area contributed by atoms with Crippen LogP contribution in [0, 0.1) is 5.92 Å². The molecule has 1 aromatic carbocycles. The maximum atomic E-state index is 10.3. The molecule has 2 fully saturated rings. The second kappa shape index (κ2) is 8.75. The van der Waals surface area contributed by atoms with E-state index in [2.05, 4.69) is 33.9 Å². The maximum Gasteiger partial charge on any atom is 0.195 e. The summed E-state index contributed by atoms with van der Waals surface area (Å²) in [7, 11) is -0.418. The SMILES string of the molecule is CO[C@@H]1C[C@]2(OCc3ccccc3)[C@@H](CO)C[C@@H](O[Si](C)(C)C(C)(C)C)O[C@@H]2O1. The zero-order chi connectivity index (χ0) is 21.3. The number of aliphatic hydroxyl groups excluding tert-OH is 1. The van der Waals surface area contributed by atoms with E-state index in [4.69, 9.17) is 23.4 Å². The lowest BCUT2D eigenvalue weighted by Gasteiger charge is -2.48. The summed E-state index contributed by atoms with van der Waals surface area (Å²) < 4.78 is 30.7. The molecule has 164 valence electrons. The molecule has 1 N–H and O–H groups in total. The highest BCUT2D eigenvalue weighted by Gasteiger charge is 2.60. The van der Waals surface area contributed by atoms with Crippen LogP contribution in [-0.2, 0) is 30.0 Å². The monoisotopic (exact) mass is 424 g/mol. The van der Waals surface area contributed by atoms with Crippen molar-refractivity contribution in [1.29, 1.82) is 0 Å². The number of aliphatic hydroxyl groups is 1. The van der Waals surface area contributed by atoms with Crippen molar-refractivity contribution in [2.24, 2.45) is 5.92 Å². The molecule has 0 aliphatic carbocycles. The predicted molar refractivity (Wildman–Crippen MR) is 113 cm³/mol. The molecule has 2 aliphatic heterocycles. The lowest BCUT2D eigenvalue weighted by atomic mass is 9.81. The third-order valence-corrected chi connectivity index (χ3v) is 11.1. The van der Waals surface area contributed by atoms with Crippen molar-refractivity contribution in [2.75, 3.05) is 13.7 Å². The molecular weight excluding hydrogens is 388 g/mol. The van der Waals surface area contributed by atoms with E-state index in [0.29, 0.717) is 19.4 Å². The van der Waals surface area contributed by atoms with Crippen LogP contribution in [0.3, 0.4) is 0 Å². The molecule has 7 heteroatoms. The van der Waals surface area contributed by atoms with Crippen LogP contribution >= 0.6 is 0 Å². The van der Waals surface area contributed by atoms with E-state index in [1.165, 1.54) is 0 Å². The van der Waals surface area contributed by atoms with Gasteiger partial charge in [0.25, 0.3) is 0 Å². The normalized spacial score (nSPS) is 32.9. The molecular formula is C22H36O6Si. The fourth-order valence-corrected chi connectivity index (χ4v) is 4.94. The first kappa shape index (κ1) is 22.9. The molecule has 0 amide bonds. The van der Waals surface area contributed by atoms with Crippen LogP contribution in [0.25, 0.3) is 0 Å². The van der Waals surface area contributed by atoms with Crippen molar-refractivity contribution in [3.63, 3.8) is 0 Å². The Hall–Kier alpha value is -0.803. The fraction of sp³-hybridized carbons (Fsp3) is 0.727. The van der Waals surface area contributed by atoms with Gasteiger partial charge in [-0.1, -0.05) is 51.1 Å². The summed E-state index contributed by atoms with van der Waals surface area (Å²) in [6.45, 7) is 11.4. The minimum Gasteiger partial charge on any atom is -0.396 e. The Morgan fingerprint density at radius 3 is 2.38 bits per heavy atom. The molecule has 0 bridgehead atoms. The van der Waals surface area contributed by atoms with Crippen LogP contribution < -0.4 is 0 Å². The highest BCUT2D eigenvalue weighted by molar-refractivity contribution is 6.74. The number of methoxy groups -OCH3 is 1. The van der Waals surface area contributed by atoms with E-state index in [1.54, 1.807) is 7.11 Å². The van der Waals surface area contributed by atoms with Crippen molar-refractivity contribution in [3.05, 3.63) is 35.9 Å². The molecule has 5 atom stereocenters. The summed E-state index contributed by atoms with van der Waals surface area (Å²) in [5.41, 5.74) is 0.302. The first-order valence-electron chi connectivity index (χ1n) is 10.4. The molecule has 0 spiro atoms. The van der Waals surface area contributed by atoms with Crippen LogP contribution in [0.1, 0.15) is 39.2 Å². The second-order valence-corrected chi connectivity index (χ2v) is 14.4. The third kappa shape index (κ3) is 4.77. The molecule has 29 heavy (non-hydrogen) atoms. The number of rotatable bonds is 7. The highest BCUT2D eigenvalue weighted by Crippen LogP contribution is 2.48. The van der Waals surface area contributed by atoms with Crippen LogP contribution in [0.5, 0.6) is 0 Å². The van der Waals surface area contributed by atoms with E-state index in [-0.39, 0.29) is 17.6 Å². The molecule has 2 aliphatic rings. The van der Waals surface area contributed by atoms with Gasteiger partial charge < -0.3 is 28.5 Å². The van der Waals surface area contributed by atoms with Gasteiger partial charge in [0.15, 0.2) is 27.2 Å². The van der Waals surface area contributed by atoms with Crippen LogP contribution in [0.4, 0.5) is 0 Å². The van der Waals surface area contributed by atoms with Crippen molar-refractivity contribution in [3.8, 4) is 0 Å².